The van der Waals surface area contributed by atoms with Gasteiger partial charge in [0.15, 0.2) is 0 Å². The molecule has 1 aromatic carbocycles. The lowest BCUT2D eigenvalue weighted by atomic mass is 10.1. The Morgan fingerprint density at radius 2 is 2.27 bits per heavy atom. The lowest BCUT2D eigenvalue weighted by molar-refractivity contribution is 0.0940. The summed E-state index contributed by atoms with van der Waals surface area (Å²) in [6.45, 7) is 3.95. The average Bonchev–Trinajstić information content (AvgIpc) is 2.21. The van der Waals surface area contributed by atoms with Gasteiger partial charge in [0.25, 0.3) is 5.91 Å². The van der Waals surface area contributed by atoms with Crippen LogP contribution in [0.15, 0.2) is 18.2 Å². The first-order chi connectivity index (χ1) is 7.04. The minimum absolute atomic E-state index is 0.135. The van der Waals surface area contributed by atoms with Crippen LogP contribution >= 0.6 is 11.6 Å². The van der Waals surface area contributed by atoms with Crippen LogP contribution < -0.4 is 11.1 Å². The van der Waals surface area contributed by atoms with Crippen molar-refractivity contribution in [2.45, 2.75) is 26.3 Å². The molecule has 0 fully saturated rings. The Hall–Kier alpha value is -1.22. The predicted octanol–water partition coefficient (Wildman–Crippen LogP) is 2.45. The normalized spacial score (nSPS) is 12.2. The summed E-state index contributed by atoms with van der Waals surface area (Å²) in [6.07, 6.45) is 0.881. The number of halogens is 1. The first kappa shape index (κ1) is 11.9. The fraction of sp³-hybridized carbons (Fsp3) is 0.364. The molecular weight excluding hydrogens is 212 g/mol. The van der Waals surface area contributed by atoms with Crippen molar-refractivity contribution in [3.05, 3.63) is 28.8 Å². The average molecular weight is 227 g/mol. The zero-order chi connectivity index (χ0) is 11.4. The highest BCUT2D eigenvalue weighted by Gasteiger charge is 2.11. The first-order valence-electron chi connectivity index (χ1n) is 4.90. The van der Waals surface area contributed by atoms with Crippen LogP contribution in [0.4, 0.5) is 5.69 Å². The van der Waals surface area contributed by atoms with Gasteiger partial charge in [0, 0.05) is 16.8 Å². The molecule has 0 bridgehead atoms. The van der Waals surface area contributed by atoms with E-state index < -0.39 is 0 Å². The van der Waals surface area contributed by atoms with Crippen molar-refractivity contribution in [3.63, 3.8) is 0 Å². The van der Waals surface area contributed by atoms with Crippen LogP contribution in [0, 0.1) is 0 Å². The summed E-state index contributed by atoms with van der Waals surface area (Å²) >= 11 is 5.80. The third kappa shape index (κ3) is 3.13. The standard InChI is InChI=1S/C11H15ClN2O/c1-3-7(2)14-11(15)9-6-8(12)4-5-10(9)13/h4-7H,3,13H2,1-2H3,(H,14,15)/t7-/m0/s1. The van der Waals surface area contributed by atoms with Gasteiger partial charge in [-0.1, -0.05) is 18.5 Å². The molecular formula is C11H15ClN2O. The van der Waals surface area contributed by atoms with E-state index in [9.17, 15) is 4.79 Å². The summed E-state index contributed by atoms with van der Waals surface area (Å²) in [7, 11) is 0. The maximum absolute atomic E-state index is 11.7. The van der Waals surface area contributed by atoms with Crippen LogP contribution in [0.3, 0.4) is 0 Å². The quantitative estimate of drug-likeness (QED) is 0.778. The summed E-state index contributed by atoms with van der Waals surface area (Å²) in [4.78, 5) is 11.7. The Morgan fingerprint density at radius 3 is 2.87 bits per heavy atom. The molecule has 0 unspecified atom stereocenters. The minimum Gasteiger partial charge on any atom is -0.398 e. The molecule has 1 aromatic rings. The van der Waals surface area contributed by atoms with Crippen LogP contribution in [-0.2, 0) is 0 Å². The van der Waals surface area contributed by atoms with Gasteiger partial charge < -0.3 is 11.1 Å². The molecule has 3 N–H and O–H groups in total. The lowest BCUT2D eigenvalue weighted by Gasteiger charge is -2.12. The van der Waals surface area contributed by atoms with Gasteiger partial charge in [-0.05, 0) is 31.5 Å². The highest BCUT2D eigenvalue weighted by molar-refractivity contribution is 6.31. The smallest absolute Gasteiger partial charge is 0.253 e. The molecule has 82 valence electrons. The second-order valence-electron chi connectivity index (χ2n) is 3.51. The molecule has 1 rings (SSSR count). The Bertz CT molecular complexity index is 366. The second-order valence-corrected chi connectivity index (χ2v) is 3.95. The van der Waals surface area contributed by atoms with E-state index in [1.165, 1.54) is 0 Å². The van der Waals surface area contributed by atoms with E-state index in [2.05, 4.69) is 5.32 Å². The number of hydrogen-bond acceptors (Lipinski definition) is 2. The van der Waals surface area contributed by atoms with Crippen molar-refractivity contribution < 1.29 is 4.79 Å². The molecule has 0 aliphatic carbocycles. The van der Waals surface area contributed by atoms with Crippen molar-refractivity contribution >= 4 is 23.2 Å². The van der Waals surface area contributed by atoms with E-state index in [4.69, 9.17) is 17.3 Å². The number of rotatable bonds is 3. The summed E-state index contributed by atoms with van der Waals surface area (Å²) in [5.41, 5.74) is 6.57. The number of anilines is 1. The Balaban J connectivity index is 2.86. The van der Waals surface area contributed by atoms with Crippen LogP contribution in [0.1, 0.15) is 30.6 Å². The Labute approximate surface area is 94.6 Å². The van der Waals surface area contributed by atoms with E-state index in [1.54, 1.807) is 18.2 Å². The van der Waals surface area contributed by atoms with E-state index >= 15 is 0 Å². The van der Waals surface area contributed by atoms with Crippen molar-refractivity contribution in [2.75, 3.05) is 5.73 Å². The van der Waals surface area contributed by atoms with Crippen LogP contribution in [-0.4, -0.2) is 11.9 Å². The molecule has 0 aliphatic heterocycles. The summed E-state index contributed by atoms with van der Waals surface area (Å²) < 4.78 is 0. The maximum Gasteiger partial charge on any atom is 0.253 e. The number of carbonyl (C=O) groups excluding carboxylic acids is 1. The second kappa shape index (κ2) is 5.03. The van der Waals surface area contributed by atoms with Gasteiger partial charge in [0.2, 0.25) is 0 Å². The molecule has 1 amide bonds. The SMILES string of the molecule is CC[C@H](C)NC(=O)c1cc(Cl)ccc1N. The molecule has 0 radical (unpaired) electrons. The lowest BCUT2D eigenvalue weighted by Crippen LogP contribution is -2.32. The van der Waals surface area contributed by atoms with Crippen LogP contribution in [0.25, 0.3) is 0 Å². The van der Waals surface area contributed by atoms with Crippen LogP contribution in [0.5, 0.6) is 0 Å². The molecule has 1 atom stereocenters. The topological polar surface area (TPSA) is 55.1 Å². The van der Waals surface area contributed by atoms with Crippen molar-refractivity contribution in [3.8, 4) is 0 Å². The zero-order valence-electron chi connectivity index (χ0n) is 8.88. The maximum atomic E-state index is 11.7. The summed E-state index contributed by atoms with van der Waals surface area (Å²) in [5.74, 6) is -0.177. The number of benzene rings is 1. The number of carbonyl (C=O) groups is 1. The fourth-order valence-corrected chi connectivity index (χ4v) is 1.30. The van der Waals surface area contributed by atoms with Crippen molar-refractivity contribution in [2.24, 2.45) is 0 Å². The van der Waals surface area contributed by atoms with Gasteiger partial charge in [0.1, 0.15) is 0 Å². The van der Waals surface area contributed by atoms with E-state index in [0.29, 0.717) is 16.3 Å². The van der Waals surface area contributed by atoms with Gasteiger partial charge >= 0.3 is 0 Å². The predicted molar refractivity (Wildman–Crippen MR) is 63.1 cm³/mol. The van der Waals surface area contributed by atoms with Crippen molar-refractivity contribution in [1.29, 1.82) is 0 Å². The van der Waals surface area contributed by atoms with E-state index in [0.717, 1.165) is 6.42 Å². The van der Waals surface area contributed by atoms with Gasteiger partial charge in [0.05, 0.1) is 5.56 Å². The number of nitrogen functional groups attached to an aromatic ring is 1. The number of nitrogens with two attached hydrogens (primary N) is 1. The summed E-state index contributed by atoms with van der Waals surface area (Å²) in [6, 6.07) is 5.01. The third-order valence-electron chi connectivity index (χ3n) is 2.25. The molecule has 15 heavy (non-hydrogen) atoms. The number of nitrogens with one attached hydrogen (secondary N) is 1. The van der Waals surface area contributed by atoms with Gasteiger partial charge in [-0.3, -0.25) is 4.79 Å². The molecule has 0 saturated carbocycles. The summed E-state index contributed by atoms with van der Waals surface area (Å²) in [5, 5.41) is 3.35. The van der Waals surface area contributed by atoms with Gasteiger partial charge in [-0.15, -0.1) is 0 Å². The van der Waals surface area contributed by atoms with E-state index in [1.807, 2.05) is 13.8 Å². The van der Waals surface area contributed by atoms with Gasteiger partial charge in [-0.2, -0.15) is 0 Å². The molecule has 0 heterocycles. The molecule has 0 aromatic heterocycles. The highest BCUT2D eigenvalue weighted by atomic mass is 35.5. The minimum atomic E-state index is -0.177. The number of hydrogen-bond donors (Lipinski definition) is 2. The number of amides is 1. The Kier molecular flexibility index (Phi) is 3.97. The monoisotopic (exact) mass is 226 g/mol. The Morgan fingerprint density at radius 1 is 1.60 bits per heavy atom. The molecule has 3 nitrogen and oxygen atoms in total. The first-order valence-corrected chi connectivity index (χ1v) is 5.28. The molecule has 0 spiro atoms. The van der Waals surface area contributed by atoms with E-state index in [-0.39, 0.29) is 11.9 Å². The van der Waals surface area contributed by atoms with Gasteiger partial charge in [-0.25, -0.2) is 0 Å². The largest absolute Gasteiger partial charge is 0.398 e. The molecule has 0 saturated heterocycles. The van der Waals surface area contributed by atoms with Crippen LogP contribution in [0.2, 0.25) is 5.02 Å². The zero-order valence-corrected chi connectivity index (χ0v) is 9.64. The third-order valence-corrected chi connectivity index (χ3v) is 2.48. The van der Waals surface area contributed by atoms with Crippen molar-refractivity contribution in [1.82, 2.24) is 5.32 Å². The fourth-order valence-electron chi connectivity index (χ4n) is 1.13. The molecule has 0 aliphatic rings. The highest BCUT2D eigenvalue weighted by Crippen LogP contribution is 2.17. The molecule has 4 heteroatoms.